The summed E-state index contributed by atoms with van der Waals surface area (Å²) in [4.78, 5) is 28.2. The van der Waals surface area contributed by atoms with Crippen molar-refractivity contribution in [1.82, 2.24) is 9.21 Å². The van der Waals surface area contributed by atoms with E-state index in [9.17, 15) is 18.0 Å². The van der Waals surface area contributed by atoms with Gasteiger partial charge in [-0.05, 0) is 69.4 Å². The van der Waals surface area contributed by atoms with Gasteiger partial charge < -0.3 is 10.2 Å². The molecule has 1 unspecified atom stereocenters. The number of nitrogens with zero attached hydrogens (tertiary/aromatic N) is 2. The van der Waals surface area contributed by atoms with Gasteiger partial charge in [0.1, 0.15) is 6.04 Å². The van der Waals surface area contributed by atoms with Gasteiger partial charge in [0.25, 0.3) is 0 Å². The van der Waals surface area contributed by atoms with Crippen LogP contribution in [0.3, 0.4) is 0 Å². The Hall–Kier alpha value is -2.42. The predicted molar refractivity (Wildman–Crippen MR) is 132 cm³/mol. The van der Waals surface area contributed by atoms with Gasteiger partial charge in [-0.3, -0.25) is 9.59 Å². The van der Waals surface area contributed by atoms with Crippen molar-refractivity contribution in [3.8, 4) is 0 Å². The summed E-state index contributed by atoms with van der Waals surface area (Å²) in [5.41, 5.74) is 2.53. The van der Waals surface area contributed by atoms with Gasteiger partial charge >= 0.3 is 0 Å². The van der Waals surface area contributed by atoms with Crippen LogP contribution in [0.1, 0.15) is 36.8 Å². The molecule has 9 heteroatoms. The molecule has 1 N–H and O–H groups in total. The number of piperidine rings is 1. The van der Waals surface area contributed by atoms with Crippen LogP contribution < -0.4 is 5.32 Å². The predicted octanol–water partition coefficient (Wildman–Crippen LogP) is 3.99. The maximum Gasteiger partial charge on any atom is 0.247 e. The molecule has 2 fully saturated rings. The van der Waals surface area contributed by atoms with Crippen LogP contribution in [0.2, 0.25) is 5.02 Å². The van der Waals surface area contributed by atoms with Crippen LogP contribution in [0.15, 0.2) is 47.4 Å². The van der Waals surface area contributed by atoms with E-state index >= 15 is 0 Å². The summed E-state index contributed by atoms with van der Waals surface area (Å²) in [6.45, 7) is 4.92. The highest BCUT2D eigenvalue weighted by atomic mass is 35.5. The Balaban J connectivity index is 1.37. The number of carbonyl (C=O) groups is 2. The number of aryl methyl sites for hydroxylation is 2. The SMILES string of the molecule is Cc1ccc(S(=O)(=O)N2CCC(C(=O)N3CCCC3C(=O)Nc3ccc(C)c(Cl)c3)CC2)cc1. The van der Waals surface area contributed by atoms with Crippen molar-refractivity contribution in [2.45, 2.75) is 50.5 Å². The standard InChI is InChI=1S/C25H30ClN3O4S/c1-17-5-9-21(10-6-17)34(32,33)28-14-11-19(12-15-28)25(31)29-13-3-4-23(29)24(30)27-20-8-7-18(2)22(26)16-20/h5-10,16,19,23H,3-4,11-15H2,1-2H3,(H,27,30). The van der Waals surface area contributed by atoms with Crippen molar-refractivity contribution in [3.63, 3.8) is 0 Å². The van der Waals surface area contributed by atoms with E-state index in [4.69, 9.17) is 11.6 Å². The number of rotatable bonds is 5. The molecule has 2 amide bonds. The Morgan fingerprint density at radius 1 is 0.971 bits per heavy atom. The van der Waals surface area contributed by atoms with E-state index in [0.717, 1.165) is 17.5 Å². The van der Waals surface area contributed by atoms with Gasteiger partial charge in [-0.25, -0.2) is 8.42 Å². The minimum absolute atomic E-state index is 0.0630. The minimum Gasteiger partial charge on any atom is -0.330 e. The highest BCUT2D eigenvalue weighted by molar-refractivity contribution is 7.89. The molecule has 0 aromatic heterocycles. The van der Waals surface area contributed by atoms with Gasteiger partial charge in [-0.15, -0.1) is 0 Å². The number of carbonyl (C=O) groups excluding carboxylic acids is 2. The third-order valence-corrected chi connectivity index (χ3v) is 9.06. The Morgan fingerprint density at radius 3 is 2.29 bits per heavy atom. The summed E-state index contributed by atoms with van der Waals surface area (Å²) in [5, 5.41) is 3.46. The second kappa shape index (κ2) is 10.1. The third kappa shape index (κ3) is 5.14. The maximum atomic E-state index is 13.3. The molecule has 7 nitrogen and oxygen atoms in total. The molecule has 0 bridgehead atoms. The third-order valence-electron chi connectivity index (χ3n) is 6.74. The molecule has 2 aliphatic heterocycles. The number of hydrogen-bond acceptors (Lipinski definition) is 4. The van der Waals surface area contributed by atoms with Gasteiger partial charge in [0, 0.05) is 36.3 Å². The molecular weight excluding hydrogens is 474 g/mol. The highest BCUT2D eigenvalue weighted by Crippen LogP contribution is 2.29. The van der Waals surface area contributed by atoms with Crippen molar-refractivity contribution in [2.75, 3.05) is 25.0 Å². The molecule has 2 saturated heterocycles. The first-order chi connectivity index (χ1) is 16.2. The number of anilines is 1. The van der Waals surface area contributed by atoms with Gasteiger partial charge in [-0.1, -0.05) is 35.4 Å². The first kappa shape index (κ1) is 24.7. The molecular formula is C25H30ClN3O4S. The normalized spacial score (nSPS) is 19.9. The van der Waals surface area contributed by atoms with E-state index in [-0.39, 0.29) is 22.6 Å². The number of hydrogen-bond donors (Lipinski definition) is 1. The van der Waals surface area contributed by atoms with Gasteiger partial charge in [0.15, 0.2) is 0 Å². The van der Waals surface area contributed by atoms with Crippen molar-refractivity contribution in [1.29, 1.82) is 0 Å². The smallest absolute Gasteiger partial charge is 0.247 e. The first-order valence-electron chi connectivity index (χ1n) is 11.6. The summed E-state index contributed by atoms with van der Waals surface area (Å²) < 4.78 is 27.4. The Kier molecular flexibility index (Phi) is 7.31. The topological polar surface area (TPSA) is 86.8 Å². The number of halogens is 1. The van der Waals surface area contributed by atoms with Crippen LogP contribution in [0, 0.1) is 19.8 Å². The van der Waals surface area contributed by atoms with Crippen molar-refractivity contribution < 1.29 is 18.0 Å². The largest absolute Gasteiger partial charge is 0.330 e. The van der Waals surface area contributed by atoms with Crippen LogP contribution in [-0.2, 0) is 19.6 Å². The van der Waals surface area contributed by atoms with E-state index in [0.29, 0.717) is 49.6 Å². The Labute approximate surface area is 206 Å². The molecule has 1 atom stereocenters. The molecule has 34 heavy (non-hydrogen) atoms. The molecule has 0 radical (unpaired) electrons. The van der Waals surface area contributed by atoms with E-state index in [1.807, 2.05) is 19.9 Å². The van der Waals surface area contributed by atoms with E-state index in [2.05, 4.69) is 5.32 Å². The molecule has 0 saturated carbocycles. The fourth-order valence-electron chi connectivity index (χ4n) is 4.64. The quantitative estimate of drug-likeness (QED) is 0.668. The van der Waals surface area contributed by atoms with Gasteiger partial charge in [0.05, 0.1) is 4.90 Å². The average Bonchev–Trinajstić information content (AvgIpc) is 3.31. The molecule has 2 aromatic carbocycles. The molecule has 4 rings (SSSR count). The fraction of sp³-hybridized carbons (Fsp3) is 0.440. The zero-order valence-corrected chi connectivity index (χ0v) is 21.0. The lowest BCUT2D eigenvalue weighted by Crippen LogP contribution is -2.48. The van der Waals surface area contributed by atoms with Crippen LogP contribution in [0.25, 0.3) is 0 Å². The fourth-order valence-corrected chi connectivity index (χ4v) is 6.29. The summed E-state index contributed by atoms with van der Waals surface area (Å²) in [6.07, 6.45) is 2.27. The average molecular weight is 504 g/mol. The van der Waals surface area contributed by atoms with Gasteiger partial charge in [-0.2, -0.15) is 4.31 Å². The van der Waals surface area contributed by atoms with Crippen LogP contribution in [0.5, 0.6) is 0 Å². The molecule has 182 valence electrons. The zero-order valence-electron chi connectivity index (χ0n) is 19.5. The number of benzene rings is 2. The van der Waals surface area contributed by atoms with E-state index < -0.39 is 16.1 Å². The van der Waals surface area contributed by atoms with E-state index in [1.54, 1.807) is 41.3 Å². The number of likely N-dealkylation sites (tertiary alicyclic amines) is 1. The van der Waals surface area contributed by atoms with Crippen molar-refractivity contribution >= 4 is 39.1 Å². The first-order valence-corrected chi connectivity index (χ1v) is 13.4. The van der Waals surface area contributed by atoms with Crippen LogP contribution in [-0.4, -0.2) is 55.1 Å². The summed E-state index contributed by atoms with van der Waals surface area (Å²) >= 11 is 6.16. The Bertz CT molecular complexity index is 1180. The van der Waals surface area contributed by atoms with Crippen molar-refractivity contribution in [2.24, 2.45) is 5.92 Å². The highest BCUT2D eigenvalue weighted by Gasteiger charge is 2.39. The summed E-state index contributed by atoms with van der Waals surface area (Å²) in [5.74, 6) is -0.566. The Morgan fingerprint density at radius 2 is 1.65 bits per heavy atom. The minimum atomic E-state index is -3.58. The number of amides is 2. The second-order valence-electron chi connectivity index (χ2n) is 9.13. The number of nitrogens with one attached hydrogen (secondary N) is 1. The summed E-state index contributed by atoms with van der Waals surface area (Å²) in [7, 11) is -3.58. The molecule has 0 spiro atoms. The summed E-state index contributed by atoms with van der Waals surface area (Å²) in [6, 6.07) is 11.6. The van der Waals surface area contributed by atoms with Crippen LogP contribution >= 0.6 is 11.6 Å². The molecule has 2 heterocycles. The van der Waals surface area contributed by atoms with Crippen LogP contribution in [0.4, 0.5) is 5.69 Å². The maximum absolute atomic E-state index is 13.3. The van der Waals surface area contributed by atoms with E-state index in [1.165, 1.54) is 4.31 Å². The number of sulfonamides is 1. The second-order valence-corrected chi connectivity index (χ2v) is 11.5. The lowest BCUT2D eigenvalue weighted by atomic mass is 9.96. The molecule has 0 aliphatic carbocycles. The van der Waals surface area contributed by atoms with Crippen molar-refractivity contribution in [3.05, 3.63) is 58.6 Å². The lowest BCUT2D eigenvalue weighted by Gasteiger charge is -2.34. The van der Waals surface area contributed by atoms with Gasteiger partial charge in [0.2, 0.25) is 21.8 Å². The monoisotopic (exact) mass is 503 g/mol. The molecule has 2 aromatic rings. The lowest BCUT2D eigenvalue weighted by molar-refractivity contribution is -0.141. The molecule has 2 aliphatic rings. The zero-order chi connectivity index (χ0) is 24.5.